The largest absolute Gasteiger partial charge is 0.354 e. The van der Waals surface area contributed by atoms with E-state index in [4.69, 9.17) is 0 Å². The van der Waals surface area contributed by atoms with Crippen molar-refractivity contribution in [3.8, 4) is 11.1 Å². The molecule has 0 aromatic heterocycles. The number of nitrogens with one attached hydrogen (secondary N) is 1. The normalized spacial score (nSPS) is 17.4. The van der Waals surface area contributed by atoms with Gasteiger partial charge in [0.15, 0.2) is 0 Å². The van der Waals surface area contributed by atoms with Crippen molar-refractivity contribution >= 4 is 11.8 Å². The van der Waals surface area contributed by atoms with E-state index in [2.05, 4.69) is 5.32 Å². The quantitative estimate of drug-likeness (QED) is 0.858. The molecule has 1 heterocycles. The van der Waals surface area contributed by atoms with E-state index in [1.165, 1.54) is 6.07 Å². The summed E-state index contributed by atoms with van der Waals surface area (Å²) in [5.74, 6) is -0.149. The average Bonchev–Trinajstić information content (AvgIpc) is 2.84. The lowest BCUT2D eigenvalue weighted by Crippen LogP contribution is -2.37. The van der Waals surface area contributed by atoms with Crippen LogP contribution in [0.25, 0.3) is 11.1 Å². The Balaban J connectivity index is 1.71. The molecule has 1 fully saturated rings. The van der Waals surface area contributed by atoms with Gasteiger partial charge in [-0.25, -0.2) is 4.39 Å². The number of rotatable bonds is 5. The molecule has 1 atom stereocenters. The van der Waals surface area contributed by atoms with Crippen LogP contribution in [0.1, 0.15) is 25.8 Å². The van der Waals surface area contributed by atoms with Crippen LogP contribution < -0.4 is 5.32 Å². The van der Waals surface area contributed by atoms with Gasteiger partial charge in [0.05, 0.1) is 5.92 Å². The van der Waals surface area contributed by atoms with E-state index >= 15 is 0 Å². The molecule has 0 spiro atoms. The van der Waals surface area contributed by atoms with E-state index in [0.29, 0.717) is 44.0 Å². The minimum absolute atomic E-state index is 0.0157. The van der Waals surface area contributed by atoms with Crippen molar-refractivity contribution < 1.29 is 14.0 Å². The van der Waals surface area contributed by atoms with E-state index in [1.807, 2.05) is 44.2 Å². The molecule has 1 aliphatic rings. The Labute approximate surface area is 165 Å². The number of nitrogens with zero attached hydrogens (tertiary/aromatic N) is 1. The number of halogens is 1. The van der Waals surface area contributed by atoms with Gasteiger partial charge in [0.1, 0.15) is 5.82 Å². The first-order valence-corrected chi connectivity index (χ1v) is 9.83. The van der Waals surface area contributed by atoms with Gasteiger partial charge in [-0.3, -0.25) is 9.59 Å². The van der Waals surface area contributed by atoms with Crippen molar-refractivity contribution in [2.45, 2.75) is 26.7 Å². The minimum atomic E-state index is -0.280. The fourth-order valence-electron chi connectivity index (χ4n) is 3.56. The number of carbonyl (C=O) groups excluding carboxylic acids is 2. The van der Waals surface area contributed by atoms with Gasteiger partial charge in [-0.1, -0.05) is 56.3 Å². The number of carbonyl (C=O) groups is 2. The summed E-state index contributed by atoms with van der Waals surface area (Å²) in [4.78, 5) is 26.7. The fraction of sp³-hybridized carbons (Fsp3) is 0.391. The van der Waals surface area contributed by atoms with Gasteiger partial charge in [-0.2, -0.15) is 0 Å². The van der Waals surface area contributed by atoms with Crippen molar-refractivity contribution in [1.82, 2.24) is 10.2 Å². The molecule has 1 saturated heterocycles. The second kappa shape index (κ2) is 9.00. The number of amides is 2. The maximum atomic E-state index is 14.0. The second-order valence-electron chi connectivity index (χ2n) is 7.81. The maximum Gasteiger partial charge on any atom is 0.225 e. The number of benzene rings is 2. The van der Waals surface area contributed by atoms with Crippen LogP contribution in [0.4, 0.5) is 4.39 Å². The summed E-state index contributed by atoms with van der Waals surface area (Å²) in [6, 6.07) is 14.3. The highest BCUT2D eigenvalue weighted by Crippen LogP contribution is 2.24. The van der Waals surface area contributed by atoms with E-state index in [-0.39, 0.29) is 23.5 Å². The van der Waals surface area contributed by atoms with Gasteiger partial charge in [0, 0.05) is 31.6 Å². The number of hydrogen-bond donors (Lipinski definition) is 1. The monoisotopic (exact) mass is 382 g/mol. The molecule has 1 N–H and O–H groups in total. The van der Waals surface area contributed by atoms with Crippen LogP contribution >= 0.6 is 0 Å². The molecule has 3 rings (SSSR count). The van der Waals surface area contributed by atoms with E-state index in [0.717, 1.165) is 11.1 Å². The third-order valence-electron chi connectivity index (χ3n) is 5.05. The zero-order valence-corrected chi connectivity index (χ0v) is 16.5. The van der Waals surface area contributed by atoms with Gasteiger partial charge in [-0.05, 0) is 29.5 Å². The zero-order valence-electron chi connectivity index (χ0n) is 16.5. The molecule has 28 heavy (non-hydrogen) atoms. The smallest absolute Gasteiger partial charge is 0.225 e. The molecule has 2 amide bonds. The molecule has 4 nitrogen and oxygen atoms in total. The highest BCUT2D eigenvalue weighted by Gasteiger charge is 2.27. The Morgan fingerprint density at radius 2 is 1.89 bits per heavy atom. The Kier molecular flexibility index (Phi) is 6.45. The highest BCUT2D eigenvalue weighted by molar-refractivity contribution is 5.82. The summed E-state index contributed by atoms with van der Waals surface area (Å²) >= 11 is 0. The summed E-state index contributed by atoms with van der Waals surface area (Å²) in [5, 5.41) is 2.92. The Morgan fingerprint density at radius 1 is 1.18 bits per heavy atom. The maximum absolute atomic E-state index is 14.0. The van der Waals surface area contributed by atoms with Gasteiger partial charge in [-0.15, -0.1) is 0 Å². The molecular formula is C23H27FN2O2. The zero-order chi connectivity index (χ0) is 20.1. The van der Waals surface area contributed by atoms with Crippen LogP contribution in [0.2, 0.25) is 0 Å². The minimum Gasteiger partial charge on any atom is -0.354 e. The average molecular weight is 382 g/mol. The third-order valence-corrected chi connectivity index (χ3v) is 5.05. The SMILES string of the molecule is CC(C)CC(=O)N1CCNC(=O)C(Cc2ccc(-c3ccccc3F)cc2)C1. The molecule has 0 aliphatic carbocycles. The Hall–Kier alpha value is -2.69. The molecule has 148 valence electrons. The first kappa shape index (κ1) is 20.1. The summed E-state index contributed by atoms with van der Waals surface area (Å²) in [5.41, 5.74) is 2.37. The Morgan fingerprint density at radius 3 is 2.57 bits per heavy atom. The van der Waals surface area contributed by atoms with Crippen LogP contribution in [0.3, 0.4) is 0 Å². The lowest BCUT2D eigenvalue weighted by molar-refractivity contribution is -0.132. The first-order valence-electron chi connectivity index (χ1n) is 9.83. The first-order chi connectivity index (χ1) is 13.4. The molecule has 2 aromatic rings. The van der Waals surface area contributed by atoms with Crippen molar-refractivity contribution in [3.05, 3.63) is 59.9 Å². The highest BCUT2D eigenvalue weighted by atomic mass is 19.1. The van der Waals surface area contributed by atoms with Crippen molar-refractivity contribution in [1.29, 1.82) is 0 Å². The topological polar surface area (TPSA) is 49.4 Å². The van der Waals surface area contributed by atoms with Gasteiger partial charge >= 0.3 is 0 Å². The van der Waals surface area contributed by atoms with Gasteiger partial charge in [0.2, 0.25) is 11.8 Å². The lowest BCUT2D eigenvalue weighted by Gasteiger charge is -2.24. The lowest BCUT2D eigenvalue weighted by atomic mass is 9.95. The molecule has 0 saturated carbocycles. The van der Waals surface area contributed by atoms with Crippen LogP contribution in [0.5, 0.6) is 0 Å². The Bertz CT molecular complexity index is 833. The fourth-order valence-corrected chi connectivity index (χ4v) is 3.56. The molecule has 5 heteroatoms. The third kappa shape index (κ3) is 4.97. The standard InChI is InChI=1S/C23H27FN2O2/c1-16(2)13-22(27)26-12-11-25-23(28)19(15-26)14-17-7-9-18(10-8-17)20-5-3-4-6-21(20)24/h3-10,16,19H,11-15H2,1-2H3,(H,25,28). The second-order valence-corrected chi connectivity index (χ2v) is 7.81. The molecule has 0 radical (unpaired) electrons. The summed E-state index contributed by atoms with van der Waals surface area (Å²) in [6.45, 7) is 5.53. The summed E-state index contributed by atoms with van der Waals surface area (Å²) in [7, 11) is 0. The van der Waals surface area contributed by atoms with Gasteiger partial charge < -0.3 is 10.2 Å². The van der Waals surface area contributed by atoms with Crippen molar-refractivity contribution in [3.63, 3.8) is 0 Å². The summed E-state index contributed by atoms with van der Waals surface area (Å²) < 4.78 is 14.0. The number of hydrogen-bond acceptors (Lipinski definition) is 2. The summed E-state index contributed by atoms with van der Waals surface area (Å²) in [6.07, 6.45) is 1.05. The molecule has 0 bridgehead atoms. The van der Waals surface area contributed by atoms with Gasteiger partial charge in [0.25, 0.3) is 0 Å². The van der Waals surface area contributed by atoms with E-state index in [9.17, 15) is 14.0 Å². The molecular weight excluding hydrogens is 355 g/mol. The predicted octanol–water partition coefficient (Wildman–Crippen LogP) is 3.66. The molecule has 1 aliphatic heterocycles. The molecule has 2 aromatic carbocycles. The molecule has 1 unspecified atom stereocenters. The van der Waals surface area contributed by atoms with Crippen molar-refractivity contribution in [2.75, 3.05) is 19.6 Å². The van der Waals surface area contributed by atoms with Crippen LogP contribution in [0, 0.1) is 17.7 Å². The van der Waals surface area contributed by atoms with Crippen LogP contribution in [-0.2, 0) is 16.0 Å². The van der Waals surface area contributed by atoms with E-state index in [1.54, 1.807) is 17.0 Å². The van der Waals surface area contributed by atoms with Crippen molar-refractivity contribution in [2.24, 2.45) is 11.8 Å². The van der Waals surface area contributed by atoms with E-state index < -0.39 is 0 Å². The predicted molar refractivity (Wildman–Crippen MR) is 108 cm³/mol. The van der Waals surface area contributed by atoms with Crippen LogP contribution in [0.15, 0.2) is 48.5 Å². The van der Waals surface area contributed by atoms with Crippen LogP contribution in [-0.4, -0.2) is 36.3 Å².